The van der Waals surface area contributed by atoms with Gasteiger partial charge < -0.3 is 5.32 Å². The molecule has 1 aromatic rings. The molecule has 0 aliphatic heterocycles. The van der Waals surface area contributed by atoms with Crippen molar-refractivity contribution in [2.24, 2.45) is 5.41 Å². The first-order chi connectivity index (χ1) is 9.99. The van der Waals surface area contributed by atoms with Crippen LogP contribution in [0.1, 0.15) is 32.3 Å². The third kappa shape index (κ3) is 4.02. The number of nitriles is 1. The molecule has 0 unspecified atom stereocenters. The smallest absolute Gasteiger partial charge is 0.269 e. The number of nitro benzene ring substituents is 1. The maximum Gasteiger partial charge on any atom is 0.269 e. The molecule has 0 aliphatic rings. The molecule has 0 radical (unpaired) electrons. The van der Waals surface area contributed by atoms with Crippen LogP contribution in [0.4, 0.5) is 5.69 Å². The summed E-state index contributed by atoms with van der Waals surface area (Å²) in [6.45, 7) is 4.05. The van der Waals surface area contributed by atoms with E-state index in [0.29, 0.717) is 25.8 Å². The van der Waals surface area contributed by atoms with E-state index < -0.39 is 10.3 Å². The van der Waals surface area contributed by atoms with E-state index in [4.69, 9.17) is 0 Å². The van der Waals surface area contributed by atoms with Crippen molar-refractivity contribution >= 4 is 11.6 Å². The summed E-state index contributed by atoms with van der Waals surface area (Å²) >= 11 is 0. The second-order valence-electron chi connectivity index (χ2n) is 4.83. The SMILES string of the molecule is CCC(C#N)(CC)C(=O)NCCc1ccc([N+](=O)[O-])cc1. The van der Waals surface area contributed by atoms with Crippen molar-refractivity contribution in [3.05, 3.63) is 39.9 Å². The second kappa shape index (κ2) is 7.39. The Balaban J connectivity index is 2.55. The standard InChI is InChI=1S/C15H19N3O3/c1-3-15(4-2,11-16)14(19)17-10-9-12-5-7-13(8-6-12)18(20)21/h5-8H,3-4,9-10H2,1-2H3,(H,17,19). The number of rotatable bonds is 7. The Morgan fingerprint density at radius 3 is 2.33 bits per heavy atom. The highest BCUT2D eigenvalue weighted by molar-refractivity contribution is 5.85. The van der Waals surface area contributed by atoms with Crippen LogP contribution >= 0.6 is 0 Å². The van der Waals surface area contributed by atoms with Crippen molar-refractivity contribution in [1.29, 1.82) is 5.26 Å². The Morgan fingerprint density at radius 2 is 1.90 bits per heavy atom. The maximum absolute atomic E-state index is 12.1. The van der Waals surface area contributed by atoms with E-state index in [0.717, 1.165) is 5.56 Å². The molecule has 1 rings (SSSR count). The summed E-state index contributed by atoms with van der Waals surface area (Å²) in [5.74, 6) is -0.253. The van der Waals surface area contributed by atoms with Crippen molar-refractivity contribution in [3.63, 3.8) is 0 Å². The predicted molar refractivity (Wildman–Crippen MR) is 78.4 cm³/mol. The molecule has 21 heavy (non-hydrogen) atoms. The Kier molecular flexibility index (Phi) is 5.85. The molecule has 0 heterocycles. The minimum atomic E-state index is -0.963. The predicted octanol–water partition coefficient (Wildman–Crippen LogP) is 2.58. The molecule has 0 bridgehead atoms. The van der Waals surface area contributed by atoms with Gasteiger partial charge in [-0.3, -0.25) is 14.9 Å². The lowest BCUT2D eigenvalue weighted by molar-refractivity contribution is -0.384. The summed E-state index contributed by atoms with van der Waals surface area (Å²) in [5.41, 5.74) is -0.0187. The van der Waals surface area contributed by atoms with E-state index in [1.165, 1.54) is 12.1 Å². The summed E-state index contributed by atoms with van der Waals surface area (Å²) in [5, 5.41) is 22.5. The molecule has 6 heteroatoms. The number of amides is 1. The lowest BCUT2D eigenvalue weighted by Gasteiger charge is -2.22. The van der Waals surface area contributed by atoms with E-state index in [9.17, 15) is 20.2 Å². The molecule has 0 aliphatic carbocycles. The number of carbonyl (C=O) groups excluding carboxylic acids is 1. The number of hydrogen-bond donors (Lipinski definition) is 1. The van der Waals surface area contributed by atoms with Crippen LogP contribution in [-0.2, 0) is 11.2 Å². The van der Waals surface area contributed by atoms with E-state index in [1.54, 1.807) is 12.1 Å². The fourth-order valence-corrected chi connectivity index (χ4v) is 2.05. The van der Waals surface area contributed by atoms with Gasteiger partial charge in [0.25, 0.3) is 5.69 Å². The first-order valence-corrected chi connectivity index (χ1v) is 6.92. The van der Waals surface area contributed by atoms with E-state index in [1.807, 2.05) is 13.8 Å². The highest BCUT2D eigenvalue weighted by Crippen LogP contribution is 2.25. The van der Waals surface area contributed by atoms with Gasteiger partial charge in [0.2, 0.25) is 5.91 Å². The molecule has 0 fully saturated rings. The second-order valence-corrected chi connectivity index (χ2v) is 4.83. The molecule has 0 spiro atoms. The molecule has 6 nitrogen and oxygen atoms in total. The molecule has 1 aromatic carbocycles. The van der Waals surface area contributed by atoms with Gasteiger partial charge in [0.05, 0.1) is 11.0 Å². The van der Waals surface area contributed by atoms with Crippen LogP contribution in [0.15, 0.2) is 24.3 Å². The van der Waals surface area contributed by atoms with Gasteiger partial charge in [-0.1, -0.05) is 26.0 Å². The topological polar surface area (TPSA) is 96.0 Å². The number of nitrogens with one attached hydrogen (secondary N) is 1. The van der Waals surface area contributed by atoms with Crippen molar-refractivity contribution in [1.82, 2.24) is 5.32 Å². The van der Waals surface area contributed by atoms with Crippen LogP contribution in [0, 0.1) is 26.9 Å². The monoisotopic (exact) mass is 289 g/mol. The fourth-order valence-electron chi connectivity index (χ4n) is 2.05. The average Bonchev–Trinajstić information content (AvgIpc) is 2.50. The number of benzene rings is 1. The number of hydrogen-bond acceptors (Lipinski definition) is 4. The summed E-state index contributed by atoms with van der Waals surface area (Å²) in [4.78, 5) is 22.2. The minimum Gasteiger partial charge on any atom is -0.354 e. The zero-order valence-electron chi connectivity index (χ0n) is 12.3. The lowest BCUT2D eigenvalue weighted by Crippen LogP contribution is -2.40. The normalized spacial score (nSPS) is 10.7. The number of nitrogens with zero attached hydrogens (tertiary/aromatic N) is 2. The van der Waals surface area contributed by atoms with E-state index in [2.05, 4.69) is 11.4 Å². The Labute approximate surface area is 123 Å². The van der Waals surface area contributed by atoms with Gasteiger partial charge in [-0.25, -0.2) is 0 Å². The molecule has 0 saturated heterocycles. The summed E-state index contributed by atoms with van der Waals surface area (Å²) in [6, 6.07) is 8.31. The lowest BCUT2D eigenvalue weighted by atomic mass is 9.83. The van der Waals surface area contributed by atoms with Crippen molar-refractivity contribution in [2.45, 2.75) is 33.1 Å². The van der Waals surface area contributed by atoms with Gasteiger partial charge >= 0.3 is 0 Å². The van der Waals surface area contributed by atoms with Crippen LogP contribution in [0.2, 0.25) is 0 Å². The molecular weight excluding hydrogens is 270 g/mol. The summed E-state index contributed by atoms with van der Waals surface area (Å²) in [7, 11) is 0. The third-order valence-electron chi connectivity index (χ3n) is 3.70. The van der Waals surface area contributed by atoms with E-state index in [-0.39, 0.29) is 11.6 Å². The molecule has 0 atom stereocenters. The van der Waals surface area contributed by atoms with Gasteiger partial charge in [0.1, 0.15) is 5.41 Å². The van der Waals surface area contributed by atoms with Gasteiger partial charge in [-0.05, 0) is 24.8 Å². The van der Waals surface area contributed by atoms with Crippen LogP contribution in [0.5, 0.6) is 0 Å². The van der Waals surface area contributed by atoms with Crippen LogP contribution in [-0.4, -0.2) is 17.4 Å². The van der Waals surface area contributed by atoms with Gasteiger partial charge in [0.15, 0.2) is 0 Å². The zero-order valence-corrected chi connectivity index (χ0v) is 12.3. The minimum absolute atomic E-state index is 0.0447. The molecular formula is C15H19N3O3. The van der Waals surface area contributed by atoms with Gasteiger partial charge in [-0.2, -0.15) is 5.26 Å². The Hall–Kier alpha value is -2.42. The number of nitro groups is 1. The first kappa shape index (κ1) is 16.6. The highest BCUT2D eigenvalue weighted by Gasteiger charge is 2.34. The molecule has 112 valence electrons. The first-order valence-electron chi connectivity index (χ1n) is 6.92. The maximum atomic E-state index is 12.1. The average molecular weight is 289 g/mol. The molecule has 1 N–H and O–H groups in total. The zero-order chi connectivity index (χ0) is 15.9. The van der Waals surface area contributed by atoms with Gasteiger partial charge in [0, 0.05) is 18.7 Å². The Bertz CT molecular complexity index is 542. The van der Waals surface area contributed by atoms with E-state index >= 15 is 0 Å². The largest absolute Gasteiger partial charge is 0.354 e. The molecule has 0 saturated carbocycles. The van der Waals surface area contributed by atoms with Crippen molar-refractivity contribution < 1.29 is 9.72 Å². The molecule has 0 aromatic heterocycles. The van der Waals surface area contributed by atoms with Crippen LogP contribution in [0.25, 0.3) is 0 Å². The van der Waals surface area contributed by atoms with Gasteiger partial charge in [-0.15, -0.1) is 0 Å². The fraction of sp³-hybridized carbons (Fsp3) is 0.467. The van der Waals surface area contributed by atoms with Crippen molar-refractivity contribution in [2.75, 3.05) is 6.54 Å². The van der Waals surface area contributed by atoms with Crippen molar-refractivity contribution in [3.8, 4) is 6.07 Å². The quantitative estimate of drug-likeness (QED) is 0.616. The number of non-ortho nitro benzene ring substituents is 1. The highest BCUT2D eigenvalue weighted by atomic mass is 16.6. The summed E-state index contributed by atoms with van der Waals surface area (Å²) in [6.07, 6.45) is 1.52. The summed E-state index contributed by atoms with van der Waals surface area (Å²) < 4.78 is 0. The Morgan fingerprint density at radius 1 is 1.33 bits per heavy atom. The van der Waals surface area contributed by atoms with Crippen LogP contribution < -0.4 is 5.32 Å². The third-order valence-corrected chi connectivity index (χ3v) is 3.70. The number of carbonyl (C=O) groups is 1. The molecule has 1 amide bonds. The van der Waals surface area contributed by atoms with Crippen LogP contribution in [0.3, 0.4) is 0 Å².